The van der Waals surface area contributed by atoms with E-state index >= 15 is 0 Å². The maximum atomic E-state index is 13.8. The summed E-state index contributed by atoms with van der Waals surface area (Å²) in [6.07, 6.45) is 1.88. The van der Waals surface area contributed by atoms with Crippen LogP contribution in [0.15, 0.2) is 18.2 Å². The third kappa shape index (κ3) is 3.49. The van der Waals surface area contributed by atoms with Gasteiger partial charge >= 0.3 is 0 Å². The van der Waals surface area contributed by atoms with Crippen LogP contribution in [0.2, 0.25) is 5.02 Å². The minimum atomic E-state index is -0.410. The molecule has 0 aromatic heterocycles. The number of carbonyl (C=O) groups is 1. The first-order valence-electron chi connectivity index (χ1n) is 7.06. The highest BCUT2D eigenvalue weighted by atomic mass is 35.5. The smallest absolute Gasteiger partial charge is 0.227 e. The Labute approximate surface area is 124 Å². The van der Waals surface area contributed by atoms with Crippen LogP contribution in [0.4, 0.5) is 4.39 Å². The standard InChI is InChI=1S/C15H20ClFN2O/c1-2-8-19(11-6-7-18-10-11)15(20)9-12-13(16)4-3-5-14(12)17/h3-5,11,18H,2,6-10H2,1H3. The maximum Gasteiger partial charge on any atom is 0.227 e. The molecule has 1 unspecified atom stereocenters. The van der Waals surface area contributed by atoms with Gasteiger partial charge in [-0.25, -0.2) is 4.39 Å². The molecule has 1 N–H and O–H groups in total. The van der Waals surface area contributed by atoms with Crippen LogP contribution in [-0.2, 0) is 11.2 Å². The lowest BCUT2D eigenvalue weighted by atomic mass is 10.1. The van der Waals surface area contributed by atoms with E-state index in [1.165, 1.54) is 6.07 Å². The average Bonchev–Trinajstić information content (AvgIpc) is 2.94. The lowest BCUT2D eigenvalue weighted by Crippen LogP contribution is -2.43. The Morgan fingerprint density at radius 3 is 2.95 bits per heavy atom. The third-order valence-electron chi connectivity index (χ3n) is 3.65. The Kier molecular flexibility index (Phi) is 5.38. The minimum Gasteiger partial charge on any atom is -0.338 e. The van der Waals surface area contributed by atoms with Gasteiger partial charge in [-0.15, -0.1) is 0 Å². The van der Waals surface area contributed by atoms with Gasteiger partial charge in [0.25, 0.3) is 0 Å². The van der Waals surface area contributed by atoms with Crippen LogP contribution in [0.5, 0.6) is 0 Å². The molecule has 110 valence electrons. The summed E-state index contributed by atoms with van der Waals surface area (Å²) in [6.45, 7) is 4.49. The van der Waals surface area contributed by atoms with E-state index in [-0.39, 0.29) is 18.4 Å². The molecule has 5 heteroatoms. The molecule has 1 aromatic rings. The number of hydrogen-bond donors (Lipinski definition) is 1. The highest BCUT2D eigenvalue weighted by Crippen LogP contribution is 2.21. The monoisotopic (exact) mass is 298 g/mol. The van der Waals surface area contributed by atoms with Crippen molar-refractivity contribution in [2.45, 2.75) is 32.2 Å². The van der Waals surface area contributed by atoms with E-state index in [2.05, 4.69) is 5.32 Å². The molecule has 20 heavy (non-hydrogen) atoms. The van der Waals surface area contributed by atoms with Crippen LogP contribution in [0, 0.1) is 5.82 Å². The summed E-state index contributed by atoms with van der Waals surface area (Å²) in [7, 11) is 0. The van der Waals surface area contributed by atoms with Gasteiger partial charge in [-0.1, -0.05) is 24.6 Å². The first kappa shape index (κ1) is 15.3. The van der Waals surface area contributed by atoms with Gasteiger partial charge in [-0.05, 0) is 31.5 Å². The highest BCUT2D eigenvalue weighted by molar-refractivity contribution is 6.31. The van der Waals surface area contributed by atoms with Gasteiger partial charge in [0.1, 0.15) is 5.82 Å². The number of carbonyl (C=O) groups excluding carboxylic acids is 1. The van der Waals surface area contributed by atoms with E-state index in [9.17, 15) is 9.18 Å². The third-order valence-corrected chi connectivity index (χ3v) is 4.00. The quantitative estimate of drug-likeness (QED) is 0.906. The summed E-state index contributed by atoms with van der Waals surface area (Å²) >= 11 is 5.99. The Morgan fingerprint density at radius 1 is 1.55 bits per heavy atom. The summed E-state index contributed by atoms with van der Waals surface area (Å²) in [4.78, 5) is 14.3. The van der Waals surface area contributed by atoms with E-state index < -0.39 is 5.82 Å². The molecule has 0 radical (unpaired) electrons. The second-order valence-corrected chi connectivity index (χ2v) is 5.52. The van der Waals surface area contributed by atoms with E-state index in [0.29, 0.717) is 17.1 Å². The van der Waals surface area contributed by atoms with Gasteiger partial charge < -0.3 is 10.2 Å². The Bertz CT molecular complexity index is 455. The molecule has 2 rings (SSSR count). The molecule has 0 aliphatic carbocycles. The van der Waals surface area contributed by atoms with Crippen LogP contribution in [0.1, 0.15) is 25.3 Å². The van der Waals surface area contributed by atoms with E-state index in [1.807, 2.05) is 11.8 Å². The van der Waals surface area contributed by atoms with Gasteiger partial charge in [0.15, 0.2) is 0 Å². The van der Waals surface area contributed by atoms with Crippen molar-refractivity contribution in [3.05, 3.63) is 34.6 Å². The van der Waals surface area contributed by atoms with Gasteiger partial charge in [-0.2, -0.15) is 0 Å². The fourth-order valence-electron chi connectivity index (χ4n) is 2.61. The number of nitrogens with zero attached hydrogens (tertiary/aromatic N) is 1. The zero-order valence-corrected chi connectivity index (χ0v) is 12.4. The number of halogens is 2. The molecule has 1 saturated heterocycles. The van der Waals surface area contributed by atoms with Crippen LogP contribution in [-0.4, -0.2) is 36.5 Å². The van der Waals surface area contributed by atoms with Crippen molar-refractivity contribution in [3.63, 3.8) is 0 Å². The Balaban J connectivity index is 2.11. The topological polar surface area (TPSA) is 32.3 Å². The van der Waals surface area contributed by atoms with E-state index in [1.54, 1.807) is 12.1 Å². The van der Waals surface area contributed by atoms with E-state index in [4.69, 9.17) is 11.6 Å². The largest absolute Gasteiger partial charge is 0.338 e. The highest BCUT2D eigenvalue weighted by Gasteiger charge is 2.26. The predicted molar refractivity (Wildman–Crippen MR) is 78.4 cm³/mol. The molecule has 1 aliphatic rings. The van der Waals surface area contributed by atoms with Crippen LogP contribution < -0.4 is 5.32 Å². The van der Waals surface area contributed by atoms with Crippen molar-refractivity contribution in [1.82, 2.24) is 10.2 Å². The normalized spacial score (nSPS) is 18.2. The Morgan fingerprint density at radius 2 is 2.35 bits per heavy atom. The summed E-state index contributed by atoms with van der Waals surface area (Å²) in [5.74, 6) is -0.459. The molecule has 0 saturated carbocycles. The molecule has 1 atom stereocenters. The first-order valence-corrected chi connectivity index (χ1v) is 7.44. The molecule has 1 aromatic carbocycles. The fraction of sp³-hybridized carbons (Fsp3) is 0.533. The van der Waals surface area contributed by atoms with Crippen LogP contribution in [0.25, 0.3) is 0 Å². The van der Waals surface area contributed by atoms with Crippen molar-refractivity contribution >= 4 is 17.5 Å². The molecule has 3 nitrogen and oxygen atoms in total. The van der Waals surface area contributed by atoms with Crippen molar-refractivity contribution in [3.8, 4) is 0 Å². The first-order chi connectivity index (χ1) is 9.63. The number of hydrogen-bond acceptors (Lipinski definition) is 2. The summed E-state index contributed by atoms with van der Waals surface area (Å²) < 4.78 is 13.8. The number of nitrogens with one attached hydrogen (secondary N) is 1. The molecular formula is C15H20ClFN2O. The van der Waals surface area contributed by atoms with Gasteiger partial charge in [0, 0.05) is 29.7 Å². The Hall–Kier alpha value is -1.13. The second kappa shape index (κ2) is 7.04. The average molecular weight is 299 g/mol. The van der Waals surface area contributed by atoms with Crippen molar-refractivity contribution in [2.75, 3.05) is 19.6 Å². The van der Waals surface area contributed by atoms with Gasteiger partial charge in [-0.3, -0.25) is 4.79 Å². The molecule has 1 aliphatic heterocycles. The zero-order valence-electron chi connectivity index (χ0n) is 11.7. The lowest BCUT2D eigenvalue weighted by Gasteiger charge is -2.28. The SMILES string of the molecule is CCCN(C(=O)Cc1c(F)cccc1Cl)C1CCNC1. The summed E-state index contributed by atoms with van der Waals surface area (Å²) in [5, 5.41) is 3.58. The zero-order chi connectivity index (χ0) is 14.5. The van der Waals surface area contributed by atoms with E-state index in [0.717, 1.165) is 25.9 Å². The fourth-order valence-corrected chi connectivity index (χ4v) is 2.84. The summed E-state index contributed by atoms with van der Waals surface area (Å²) in [6, 6.07) is 4.73. The number of amides is 1. The molecule has 0 bridgehead atoms. The second-order valence-electron chi connectivity index (χ2n) is 5.11. The lowest BCUT2D eigenvalue weighted by molar-refractivity contribution is -0.132. The molecule has 1 fully saturated rings. The summed E-state index contributed by atoms with van der Waals surface area (Å²) in [5.41, 5.74) is 0.297. The molecule has 1 amide bonds. The maximum absolute atomic E-state index is 13.8. The number of benzene rings is 1. The van der Waals surface area contributed by atoms with Gasteiger partial charge in [0.05, 0.1) is 6.42 Å². The molecule has 0 spiro atoms. The predicted octanol–water partition coefficient (Wildman–Crippen LogP) is 2.62. The van der Waals surface area contributed by atoms with Crippen LogP contribution >= 0.6 is 11.6 Å². The molecular weight excluding hydrogens is 279 g/mol. The van der Waals surface area contributed by atoms with Crippen LogP contribution in [0.3, 0.4) is 0 Å². The minimum absolute atomic E-state index is 0.0298. The van der Waals surface area contributed by atoms with Crippen molar-refractivity contribution in [1.29, 1.82) is 0 Å². The molecule has 1 heterocycles. The number of rotatable bonds is 5. The van der Waals surface area contributed by atoms with Gasteiger partial charge in [0.2, 0.25) is 5.91 Å². The van der Waals surface area contributed by atoms with Crippen molar-refractivity contribution < 1.29 is 9.18 Å². The van der Waals surface area contributed by atoms with Crippen molar-refractivity contribution in [2.24, 2.45) is 0 Å².